The Morgan fingerprint density at radius 1 is 1.48 bits per heavy atom. The molecule has 0 spiro atoms. The van der Waals surface area contributed by atoms with Crippen LogP contribution in [-0.4, -0.2) is 67.4 Å². The van der Waals surface area contributed by atoms with E-state index in [1.807, 2.05) is 0 Å². The van der Waals surface area contributed by atoms with Crippen LogP contribution in [-0.2, 0) is 19.1 Å². The largest absolute Gasteiger partial charge is 0.479 e. The minimum atomic E-state index is -1.62. The van der Waals surface area contributed by atoms with Crippen molar-refractivity contribution in [1.82, 2.24) is 4.90 Å². The van der Waals surface area contributed by atoms with Gasteiger partial charge in [-0.3, -0.25) is 4.79 Å². The monoisotopic (exact) mass is 459 g/mol. The molecule has 2 N–H and O–H groups in total. The molecular weight excluding hydrogens is 438 g/mol. The number of morpholine rings is 1. The van der Waals surface area contributed by atoms with Gasteiger partial charge in [-0.1, -0.05) is 39.3 Å². The molecule has 0 unspecified atom stereocenters. The van der Waals surface area contributed by atoms with E-state index in [2.05, 4.69) is 31.9 Å². The topological polar surface area (TPSA) is 104 Å². The van der Waals surface area contributed by atoms with Crippen LogP contribution in [0.1, 0.15) is 34.1 Å². The Morgan fingerprint density at radius 2 is 2.04 bits per heavy atom. The number of cyclic esters (lactones) is 1. The van der Waals surface area contributed by atoms with Gasteiger partial charge in [0.25, 0.3) is 5.91 Å². The maximum Gasteiger partial charge on any atom is 0.336 e. The van der Waals surface area contributed by atoms with Gasteiger partial charge in [0.15, 0.2) is 11.2 Å². The molecule has 2 aliphatic heterocycles. The van der Waals surface area contributed by atoms with Crippen molar-refractivity contribution in [2.45, 2.75) is 51.4 Å². The molecule has 0 aromatic rings. The molecule has 134 valence electrons. The van der Waals surface area contributed by atoms with E-state index in [-0.39, 0.29) is 30.7 Å². The van der Waals surface area contributed by atoms with Gasteiger partial charge in [0.2, 0.25) is 0 Å². The highest BCUT2D eigenvalue weighted by Crippen LogP contribution is 2.31. The van der Waals surface area contributed by atoms with E-state index in [0.29, 0.717) is 11.9 Å². The third-order valence-corrected chi connectivity index (χ3v) is 5.70. The van der Waals surface area contributed by atoms with E-state index < -0.39 is 17.2 Å². The van der Waals surface area contributed by atoms with Crippen LogP contribution in [0.15, 0.2) is 0 Å². The smallest absolute Gasteiger partial charge is 0.336 e. The fourth-order valence-electron chi connectivity index (χ4n) is 2.03. The predicted octanol–water partition coefficient (Wildman–Crippen LogP) is 1.54. The zero-order valence-corrected chi connectivity index (χ0v) is 15.5. The number of ether oxygens (including phenoxy) is 1. The fraction of sp³-hybridized carbons (Fsp3) is 0.786. The highest BCUT2D eigenvalue weighted by Gasteiger charge is 2.51. The number of aliphatic hydroxyl groups is 1. The van der Waals surface area contributed by atoms with Crippen LogP contribution in [0, 0.1) is 0 Å². The molecule has 2 fully saturated rings. The average Bonchev–Trinajstić information content (AvgIpc) is 2.95. The maximum atomic E-state index is 11.9. The van der Waals surface area contributed by atoms with Gasteiger partial charge in [0.05, 0.1) is 5.33 Å². The standard InChI is InChI=1S/C9H12BrNO3.C4H7BrO3.CH4/c1-9(5-10)8(13)11-4-2-3-6(11)7(12)14-9;1-4(8,2-5)3(6)7;/h6H,2-5H2,1H3;8H,2H2,1H3,(H,6,7);1H4/t6-,9+;4-;/m10./s1. The molecule has 2 rings (SSSR count). The Kier molecular flexibility index (Phi) is 8.19. The van der Waals surface area contributed by atoms with Gasteiger partial charge < -0.3 is 19.8 Å². The molecule has 0 saturated carbocycles. The number of carbonyl (C=O) groups is 3. The summed E-state index contributed by atoms with van der Waals surface area (Å²) in [6, 6.07) is -0.324. The Bertz CT molecular complexity index is 470. The number of alkyl halides is 2. The molecular formula is C14H23Br2NO6. The molecule has 0 aromatic carbocycles. The summed E-state index contributed by atoms with van der Waals surface area (Å²) in [4.78, 5) is 35.1. The van der Waals surface area contributed by atoms with Crippen molar-refractivity contribution in [3.05, 3.63) is 0 Å². The lowest BCUT2D eigenvalue weighted by Crippen LogP contribution is -2.60. The number of hydrogen-bond donors (Lipinski definition) is 2. The van der Waals surface area contributed by atoms with Crippen molar-refractivity contribution in [2.75, 3.05) is 17.2 Å². The second kappa shape index (κ2) is 8.43. The van der Waals surface area contributed by atoms with Crippen molar-refractivity contribution in [3.63, 3.8) is 0 Å². The Morgan fingerprint density at radius 3 is 2.43 bits per heavy atom. The molecule has 0 aliphatic carbocycles. The van der Waals surface area contributed by atoms with E-state index in [9.17, 15) is 14.4 Å². The number of fused-ring (bicyclic) bond motifs is 1. The van der Waals surface area contributed by atoms with Gasteiger partial charge in [-0.05, 0) is 26.7 Å². The lowest BCUT2D eigenvalue weighted by molar-refractivity contribution is -0.185. The van der Waals surface area contributed by atoms with Crippen molar-refractivity contribution in [3.8, 4) is 0 Å². The summed E-state index contributed by atoms with van der Waals surface area (Å²) in [6.45, 7) is 3.56. The number of esters is 1. The summed E-state index contributed by atoms with van der Waals surface area (Å²) in [5.41, 5.74) is -2.63. The van der Waals surface area contributed by atoms with Crippen molar-refractivity contribution < 1.29 is 29.3 Å². The molecule has 2 aliphatic rings. The fourth-order valence-corrected chi connectivity index (χ4v) is 2.63. The quantitative estimate of drug-likeness (QED) is 0.489. The van der Waals surface area contributed by atoms with E-state index in [1.54, 1.807) is 11.8 Å². The number of rotatable bonds is 3. The Balaban J connectivity index is 0.000000469. The molecule has 3 atom stereocenters. The second-order valence-corrected chi connectivity index (χ2v) is 6.78. The number of carboxylic acids is 1. The van der Waals surface area contributed by atoms with Crippen molar-refractivity contribution in [2.24, 2.45) is 0 Å². The summed E-state index contributed by atoms with van der Waals surface area (Å²) < 4.78 is 5.17. The van der Waals surface area contributed by atoms with E-state index in [4.69, 9.17) is 14.9 Å². The minimum absolute atomic E-state index is 0. The van der Waals surface area contributed by atoms with Crippen molar-refractivity contribution in [1.29, 1.82) is 0 Å². The van der Waals surface area contributed by atoms with Gasteiger partial charge in [-0.2, -0.15) is 0 Å². The number of nitrogens with zero attached hydrogens (tertiary/aromatic N) is 1. The zero-order chi connectivity index (χ0) is 17.1. The lowest BCUT2D eigenvalue weighted by Gasteiger charge is -2.39. The van der Waals surface area contributed by atoms with Gasteiger partial charge in [0.1, 0.15) is 6.04 Å². The van der Waals surface area contributed by atoms with E-state index >= 15 is 0 Å². The first-order valence-electron chi connectivity index (χ1n) is 6.70. The Hall–Kier alpha value is -0.670. The van der Waals surface area contributed by atoms with E-state index in [1.165, 1.54) is 6.92 Å². The van der Waals surface area contributed by atoms with E-state index in [0.717, 1.165) is 12.8 Å². The number of aliphatic carboxylic acids is 1. The van der Waals surface area contributed by atoms with Crippen LogP contribution in [0.25, 0.3) is 0 Å². The number of carbonyl (C=O) groups excluding carboxylic acids is 2. The van der Waals surface area contributed by atoms with Crippen LogP contribution in [0.2, 0.25) is 0 Å². The molecule has 9 heteroatoms. The number of amides is 1. The molecule has 0 bridgehead atoms. The molecule has 1 amide bonds. The SMILES string of the molecule is C.C[C@@]1(CBr)OC(=O)[C@H]2CCCN2C1=O.C[C@](O)(CBr)C(=O)O. The molecule has 0 aromatic heterocycles. The minimum Gasteiger partial charge on any atom is -0.479 e. The number of halogens is 2. The first-order chi connectivity index (χ1) is 10.1. The van der Waals surface area contributed by atoms with Gasteiger partial charge in [0, 0.05) is 11.9 Å². The molecule has 2 heterocycles. The average molecular weight is 461 g/mol. The third kappa shape index (κ3) is 4.90. The van der Waals surface area contributed by atoms with Gasteiger partial charge in [-0.15, -0.1) is 0 Å². The van der Waals surface area contributed by atoms with Crippen LogP contribution < -0.4 is 0 Å². The first kappa shape index (κ1) is 22.3. The first-order valence-corrected chi connectivity index (χ1v) is 8.95. The predicted molar refractivity (Wildman–Crippen MR) is 91.8 cm³/mol. The molecule has 7 nitrogen and oxygen atoms in total. The molecule has 2 saturated heterocycles. The van der Waals surface area contributed by atoms with Crippen LogP contribution >= 0.6 is 31.9 Å². The lowest BCUT2D eigenvalue weighted by atomic mass is 10.0. The summed E-state index contributed by atoms with van der Waals surface area (Å²) in [6.07, 6.45) is 1.63. The van der Waals surface area contributed by atoms with Crippen LogP contribution in [0.3, 0.4) is 0 Å². The summed E-state index contributed by atoms with van der Waals surface area (Å²) >= 11 is 6.05. The third-order valence-electron chi connectivity index (χ3n) is 3.54. The molecule has 0 radical (unpaired) electrons. The Labute approximate surface area is 152 Å². The second-order valence-electron chi connectivity index (χ2n) is 5.65. The van der Waals surface area contributed by atoms with Crippen molar-refractivity contribution >= 4 is 49.7 Å². The zero-order valence-electron chi connectivity index (χ0n) is 12.3. The van der Waals surface area contributed by atoms with Crippen LogP contribution in [0.4, 0.5) is 0 Å². The van der Waals surface area contributed by atoms with Gasteiger partial charge >= 0.3 is 11.9 Å². The van der Waals surface area contributed by atoms with Gasteiger partial charge in [-0.25, -0.2) is 9.59 Å². The highest BCUT2D eigenvalue weighted by atomic mass is 79.9. The number of carboxylic acid groups (broad SMARTS) is 1. The maximum absolute atomic E-state index is 11.9. The summed E-state index contributed by atoms with van der Waals surface area (Å²) in [5, 5.41) is 17.3. The normalized spacial score (nSPS) is 28.6. The van der Waals surface area contributed by atoms with Crippen LogP contribution in [0.5, 0.6) is 0 Å². The number of hydrogen-bond acceptors (Lipinski definition) is 5. The molecule has 23 heavy (non-hydrogen) atoms. The summed E-state index contributed by atoms with van der Waals surface area (Å²) in [7, 11) is 0. The summed E-state index contributed by atoms with van der Waals surface area (Å²) in [5.74, 6) is -1.55. The highest BCUT2D eigenvalue weighted by molar-refractivity contribution is 9.09.